The maximum atomic E-state index is 10.8. The average Bonchev–Trinajstić information content (AvgIpc) is 2.76. The molecule has 0 aliphatic heterocycles. The average molecular weight is 312 g/mol. The highest BCUT2D eigenvalue weighted by atomic mass is 79.9. The summed E-state index contributed by atoms with van der Waals surface area (Å²) in [6, 6.07) is 3.07. The molecule has 0 atom stereocenters. The number of hydrogen-bond donors (Lipinski definition) is 2. The number of aromatic hydroxyl groups is 1. The third-order valence-corrected chi connectivity index (χ3v) is 3.35. The lowest BCUT2D eigenvalue weighted by Crippen LogP contribution is -1.94. The van der Waals surface area contributed by atoms with Crippen molar-refractivity contribution in [2.24, 2.45) is 0 Å². The number of aromatic carboxylic acids is 1. The number of aryl methyl sites for hydroxylation is 1. The molecule has 2 aromatic rings. The molecule has 5 nitrogen and oxygen atoms in total. The van der Waals surface area contributed by atoms with E-state index in [4.69, 9.17) is 9.63 Å². The maximum absolute atomic E-state index is 10.8. The zero-order chi connectivity index (χ0) is 13.4. The molecule has 1 aromatic carbocycles. The van der Waals surface area contributed by atoms with Gasteiger partial charge < -0.3 is 14.7 Å². The van der Waals surface area contributed by atoms with Gasteiger partial charge in [-0.3, -0.25) is 0 Å². The lowest BCUT2D eigenvalue weighted by molar-refractivity contribution is 0.0686. The first kappa shape index (κ1) is 12.6. The minimum absolute atomic E-state index is 0.00573. The molecule has 2 N–H and O–H groups in total. The summed E-state index contributed by atoms with van der Waals surface area (Å²) in [7, 11) is 0. The molecule has 1 aromatic heterocycles. The van der Waals surface area contributed by atoms with Gasteiger partial charge in [-0.2, -0.15) is 0 Å². The predicted octanol–water partition coefficient (Wildman–Crippen LogP) is 3.12. The largest absolute Gasteiger partial charge is 0.506 e. The van der Waals surface area contributed by atoms with Gasteiger partial charge in [0.1, 0.15) is 5.75 Å². The Hall–Kier alpha value is -1.82. The summed E-state index contributed by atoms with van der Waals surface area (Å²) in [5.74, 6) is -0.938. The van der Waals surface area contributed by atoms with E-state index >= 15 is 0 Å². The molecule has 1 heterocycles. The highest BCUT2D eigenvalue weighted by molar-refractivity contribution is 9.10. The van der Waals surface area contributed by atoms with E-state index in [0.29, 0.717) is 10.0 Å². The molecule has 0 radical (unpaired) electrons. The molecule has 6 heteroatoms. The van der Waals surface area contributed by atoms with Gasteiger partial charge in [0.25, 0.3) is 0 Å². The molecule has 2 rings (SSSR count). The summed E-state index contributed by atoms with van der Waals surface area (Å²) in [5, 5.41) is 22.3. The van der Waals surface area contributed by atoms with Crippen molar-refractivity contribution in [1.82, 2.24) is 5.16 Å². The fourth-order valence-electron chi connectivity index (χ4n) is 1.66. The first-order chi connectivity index (χ1) is 8.41. The summed E-state index contributed by atoms with van der Waals surface area (Å²) >= 11 is 3.24. The van der Waals surface area contributed by atoms with Gasteiger partial charge in [-0.1, -0.05) is 5.16 Å². The molecule has 0 aliphatic carbocycles. The summed E-state index contributed by atoms with van der Waals surface area (Å²) in [6.07, 6.45) is 0. The fourth-order valence-corrected chi connectivity index (χ4v) is 2.20. The van der Waals surface area contributed by atoms with Gasteiger partial charge in [0.05, 0.1) is 10.0 Å². The van der Waals surface area contributed by atoms with Crippen molar-refractivity contribution in [3.63, 3.8) is 0 Å². The minimum Gasteiger partial charge on any atom is -0.506 e. The van der Waals surface area contributed by atoms with Crippen molar-refractivity contribution in [2.75, 3.05) is 0 Å². The van der Waals surface area contributed by atoms with Crippen LogP contribution in [0.2, 0.25) is 0 Å². The fraction of sp³-hybridized carbons (Fsp3) is 0.167. The van der Waals surface area contributed by atoms with Gasteiger partial charge in [-0.15, -0.1) is 0 Å². The van der Waals surface area contributed by atoms with Gasteiger partial charge in [0, 0.05) is 6.07 Å². The Morgan fingerprint density at radius 3 is 2.61 bits per heavy atom. The van der Waals surface area contributed by atoms with Crippen molar-refractivity contribution >= 4 is 21.9 Å². The summed E-state index contributed by atoms with van der Waals surface area (Å²) < 4.78 is 5.49. The molecule has 94 valence electrons. The van der Waals surface area contributed by atoms with Crippen LogP contribution in [0.25, 0.3) is 11.3 Å². The number of aromatic nitrogens is 1. The standard InChI is InChI=1S/C12H10BrNO4/c1-5-3-7(13)11(15)10(6(5)2)9-4-8(12(16)17)14-18-9/h3-4,15H,1-2H3,(H,16,17). The number of benzene rings is 1. The van der Waals surface area contributed by atoms with Crippen LogP contribution in [0.1, 0.15) is 21.6 Å². The number of halogens is 1. The molecule has 0 spiro atoms. The molecule has 0 unspecified atom stereocenters. The van der Waals surface area contributed by atoms with E-state index in [-0.39, 0.29) is 17.2 Å². The lowest BCUT2D eigenvalue weighted by atomic mass is 10.0. The van der Waals surface area contributed by atoms with Crippen LogP contribution in [-0.4, -0.2) is 21.3 Å². The zero-order valence-corrected chi connectivity index (χ0v) is 11.3. The Labute approximate surface area is 111 Å². The van der Waals surface area contributed by atoms with Crippen molar-refractivity contribution in [2.45, 2.75) is 13.8 Å². The van der Waals surface area contributed by atoms with Crippen molar-refractivity contribution in [1.29, 1.82) is 0 Å². The van der Waals surface area contributed by atoms with Gasteiger partial charge >= 0.3 is 5.97 Å². The number of carboxylic acid groups (broad SMARTS) is 1. The third kappa shape index (κ3) is 1.99. The van der Waals surface area contributed by atoms with Gasteiger partial charge in [0.2, 0.25) is 0 Å². The van der Waals surface area contributed by atoms with Crippen molar-refractivity contribution in [3.8, 4) is 17.1 Å². The zero-order valence-electron chi connectivity index (χ0n) is 9.69. The first-order valence-electron chi connectivity index (χ1n) is 5.11. The Balaban J connectivity index is 2.66. The number of phenolic OH excluding ortho intramolecular Hbond substituents is 1. The second kappa shape index (κ2) is 4.45. The summed E-state index contributed by atoms with van der Waals surface area (Å²) in [4.78, 5) is 10.8. The third-order valence-electron chi connectivity index (χ3n) is 2.75. The Morgan fingerprint density at radius 1 is 1.39 bits per heavy atom. The van der Waals surface area contributed by atoms with Crippen molar-refractivity contribution in [3.05, 3.63) is 33.4 Å². The second-order valence-electron chi connectivity index (χ2n) is 3.91. The van der Waals surface area contributed by atoms with Gasteiger partial charge in [-0.05, 0) is 47.0 Å². The van der Waals surface area contributed by atoms with Crippen LogP contribution in [0.5, 0.6) is 5.75 Å². The maximum Gasteiger partial charge on any atom is 0.358 e. The van der Waals surface area contributed by atoms with Gasteiger partial charge in [0.15, 0.2) is 11.5 Å². The molecule has 0 saturated carbocycles. The lowest BCUT2D eigenvalue weighted by Gasteiger charge is -2.09. The van der Waals surface area contributed by atoms with Crippen LogP contribution in [0.15, 0.2) is 21.1 Å². The van der Waals surface area contributed by atoms with E-state index in [1.165, 1.54) is 6.07 Å². The van der Waals surface area contributed by atoms with Crippen LogP contribution in [-0.2, 0) is 0 Å². The number of hydrogen-bond acceptors (Lipinski definition) is 4. The van der Waals surface area contributed by atoms with E-state index in [1.807, 2.05) is 13.8 Å². The normalized spacial score (nSPS) is 10.6. The highest BCUT2D eigenvalue weighted by Gasteiger charge is 2.19. The number of phenols is 1. The second-order valence-corrected chi connectivity index (χ2v) is 4.76. The first-order valence-corrected chi connectivity index (χ1v) is 5.90. The van der Waals surface area contributed by atoms with E-state index < -0.39 is 5.97 Å². The van der Waals surface area contributed by atoms with Crippen LogP contribution in [0.4, 0.5) is 0 Å². The number of rotatable bonds is 2. The monoisotopic (exact) mass is 311 g/mol. The van der Waals surface area contributed by atoms with Crippen LogP contribution < -0.4 is 0 Å². The SMILES string of the molecule is Cc1cc(Br)c(O)c(-c2cc(C(=O)O)no2)c1C. The molecule has 18 heavy (non-hydrogen) atoms. The molecule has 0 fully saturated rings. The molecule has 0 aliphatic rings. The summed E-state index contributed by atoms with van der Waals surface area (Å²) in [5.41, 5.74) is 2.01. The minimum atomic E-state index is -1.17. The topological polar surface area (TPSA) is 83.6 Å². The van der Waals surface area contributed by atoms with E-state index in [1.54, 1.807) is 6.07 Å². The Morgan fingerprint density at radius 2 is 2.06 bits per heavy atom. The molecule has 0 amide bonds. The smallest absolute Gasteiger partial charge is 0.358 e. The van der Waals surface area contributed by atoms with Crippen LogP contribution >= 0.6 is 15.9 Å². The number of carbonyl (C=O) groups is 1. The molecule has 0 saturated heterocycles. The molecular formula is C12H10BrNO4. The summed E-state index contributed by atoms with van der Waals surface area (Å²) in [6.45, 7) is 3.71. The predicted molar refractivity (Wildman–Crippen MR) is 67.7 cm³/mol. The van der Waals surface area contributed by atoms with E-state index in [0.717, 1.165) is 11.1 Å². The quantitative estimate of drug-likeness (QED) is 0.890. The van der Waals surface area contributed by atoms with Crippen LogP contribution in [0.3, 0.4) is 0 Å². The number of nitrogens with zero attached hydrogens (tertiary/aromatic N) is 1. The Bertz CT molecular complexity index is 607. The van der Waals surface area contributed by atoms with Crippen LogP contribution in [0, 0.1) is 13.8 Å². The number of carboxylic acids is 1. The molecule has 0 bridgehead atoms. The highest BCUT2D eigenvalue weighted by Crippen LogP contribution is 2.39. The molecular weight excluding hydrogens is 302 g/mol. The van der Waals surface area contributed by atoms with Gasteiger partial charge in [-0.25, -0.2) is 4.79 Å². The van der Waals surface area contributed by atoms with Crippen molar-refractivity contribution < 1.29 is 19.5 Å². The Kier molecular flexibility index (Phi) is 3.13. The van der Waals surface area contributed by atoms with E-state index in [9.17, 15) is 9.90 Å². The van der Waals surface area contributed by atoms with E-state index in [2.05, 4.69) is 21.1 Å².